The first-order valence-corrected chi connectivity index (χ1v) is 13.4. The van der Waals surface area contributed by atoms with Crippen LogP contribution >= 0.6 is 0 Å². The number of fused-ring (bicyclic) bond motifs is 2. The molecule has 10 heteroatoms. The summed E-state index contributed by atoms with van der Waals surface area (Å²) < 4.78 is 27.9. The number of amides is 1. The molecular weight excluding hydrogens is 452 g/mol. The van der Waals surface area contributed by atoms with Gasteiger partial charge in [0.1, 0.15) is 5.82 Å². The van der Waals surface area contributed by atoms with E-state index in [1.54, 1.807) is 4.68 Å². The molecule has 0 bridgehead atoms. The van der Waals surface area contributed by atoms with Crippen molar-refractivity contribution < 1.29 is 13.2 Å². The summed E-state index contributed by atoms with van der Waals surface area (Å²) in [5.74, 6) is 1.12. The molecule has 0 radical (unpaired) electrons. The number of nitrogens with zero attached hydrogens (tertiary/aromatic N) is 5. The van der Waals surface area contributed by atoms with Crippen LogP contribution < -0.4 is 5.32 Å². The molecule has 0 spiro atoms. The molecule has 4 heterocycles. The van der Waals surface area contributed by atoms with E-state index in [4.69, 9.17) is 4.98 Å². The molecule has 1 aliphatic carbocycles. The Labute approximate surface area is 197 Å². The van der Waals surface area contributed by atoms with E-state index in [9.17, 15) is 13.2 Å². The maximum absolute atomic E-state index is 13.4. The topological polar surface area (TPSA) is 112 Å². The zero-order valence-corrected chi connectivity index (χ0v) is 20.0. The van der Waals surface area contributed by atoms with Gasteiger partial charge in [-0.2, -0.15) is 5.10 Å². The summed E-state index contributed by atoms with van der Waals surface area (Å²) in [4.78, 5) is 22.9. The molecule has 176 valence electrons. The number of para-hydroxylation sites is 2. The number of carbonyl (C=O) groups excluding carboxylic acids is 1. The lowest BCUT2D eigenvalue weighted by atomic mass is 10.1. The molecule has 1 aromatic carbocycles. The second-order valence-corrected chi connectivity index (χ2v) is 11.6. The monoisotopic (exact) mass is 478 g/mol. The SMILES string of the molecule is Cc1nn(C2CCS(=O)(=O)C2)c2nc(C3CC3)cc(C(=O)NCc3nc4ccccc4n3C)c12. The van der Waals surface area contributed by atoms with E-state index in [-0.39, 0.29) is 23.5 Å². The largest absolute Gasteiger partial charge is 0.345 e. The van der Waals surface area contributed by atoms with Gasteiger partial charge in [0, 0.05) is 18.7 Å². The number of hydrogen-bond acceptors (Lipinski definition) is 6. The Morgan fingerprint density at radius 1 is 1.18 bits per heavy atom. The molecule has 3 aromatic heterocycles. The summed E-state index contributed by atoms with van der Waals surface area (Å²) in [6, 6.07) is 9.50. The highest BCUT2D eigenvalue weighted by atomic mass is 32.2. The second-order valence-electron chi connectivity index (χ2n) is 9.41. The van der Waals surface area contributed by atoms with Crippen LogP contribution in [0.1, 0.15) is 58.8 Å². The van der Waals surface area contributed by atoms with Gasteiger partial charge in [-0.05, 0) is 44.4 Å². The smallest absolute Gasteiger partial charge is 0.252 e. The van der Waals surface area contributed by atoms with Crippen LogP contribution in [-0.2, 0) is 23.4 Å². The minimum absolute atomic E-state index is 0.0623. The van der Waals surface area contributed by atoms with E-state index in [1.807, 2.05) is 48.9 Å². The van der Waals surface area contributed by atoms with Crippen LogP contribution in [0.3, 0.4) is 0 Å². The summed E-state index contributed by atoms with van der Waals surface area (Å²) in [5, 5.41) is 8.38. The number of sulfone groups is 1. The van der Waals surface area contributed by atoms with Gasteiger partial charge < -0.3 is 9.88 Å². The van der Waals surface area contributed by atoms with Gasteiger partial charge in [-0.3, -0.25) is 4.79 Å². The van der Waals surface area contributed by atoms with Gasteiger partial charge in [0.15, 0.2) is 15.5 Å². The van der Waals surface area contributed by atoms with Gasteiger partial charge in [-0.1, -0.05) is 12.1 Å². The fourth-order valence-electron chi connectivity index (χ4n) is 4.93. The van der Waals surface area contributed by atoms with Gasteiger partial charge in [0.05, 0.1) is 51.8 Å². The number of aromatic nitrogens is 5. The summed E-state index contributed by atoms with van der Waals surface area (Å²) in [6.45, 7) is 2.14. The number of aryl methyl sites for hydroxylation is 2. The van der Waals surface area contributed by atoms with Crippen LogP contribution in [0.4, 0.5) is 0 Å². The van der Waals surface area contributed by atoms with E-state index in [1.165, 1.54) is 0 Å². The van der Waals surface area contributed by atoms with Crippen LogP contribution in [-0.4, -0.2) is 50.1 Å². The van der Waals surface area contributed by atoms with Crippen LogP contribution in [0, 0.1) is 6.92 Å². The van der Waals surface area contributed by atoms with Gasteiger partial charge in [0.2, 0.25) is 0 Å². The quantitative estimate of drug-likeness (QED) is 0.472. The average molecular weight is 479 g/mol. The van der Waals surface area contributed by atoms with E-state index in [2.05, 4.69) is 15.4 Å². The predicted molar refractivity (Wildman–Crippen MR) is 128 cm³/mol. The lowest BCUT2D eigenvalue weighted by Crippen LogP contribution is -2.25. The Bertz CT molecular complexity index is 1560. The number of hydrogen-bond donors (Lipinski definition) is 1. The Morgan fingerprint density at radius 2 is 1.97 bits per heavy atom. The fraction of sp³-hybridized carbons (Fsp3) is 0.417. The van der Waals surface area contributed by atoms with Crippen molar-refractivity contribution >= 4 is 37.8 Å². The summed E-state index contributed by atoms with van der Waals surface area (Å²) >= 11 is 0. The van der Waals surface area contributed by atoms with Crippen molar-refractivity contribution in [2.45, 2.75) is 44.7 Å². The van der Waals surface area contributed by atoms with Crippen molar-refractivity contribution in [3.8, 4) is 0 Å². The molecule has 2 fully saturated rings. The first-order chi connectivity index (χ1) is 16.3. The number of carbonyl (C=O) groups is 1. The summed E-state index contributed by atoms with van der Waals surface area (Å²) in [7, 11) is -1.13. The summed E-state index contributed by atoms with van der Waals surface area (Å²) in [5.41, 5.74) is 4.61. The van der Waals surface area contributed by atoms with E-state index >= 15 is 0 Å². The zero-order valence-electron chi connectivity index (χ0n) is 19.2. The van der Waals surface area contributed by atoms with Crippen LogP contribution in [0.15, 0.2) is 30.3 Å². The molecular formula is C24H26N6O3S. The predicted octanol–water partition coefficient (Wildman–Crippen LogP) is 2.79. The molecule has 1 N–H and O–H groups in total. The zero-order chi connectivity index (χ0) is 23.6. The fourth-order valence-corrected chi connectivity index (χ4v) is 6.62. The Hall–Kier alpha value is -3.27. The molecule has 4 aromatic rings. The molecule has 1 saturated heterocycles. The summed E-state index contributed by atoms with van der Waals surface area (Å²) in [6.07, 6.45) is 2.61. The number of benzene rings is 1. The van der Waals surface area contributed by atoms with Gasteiger partial charge in [-0.25, -0.2) is 23.1 Å². The van der Waals surface area contributed by atoms with Crippen molar-refractivity contribution in [3.05, 3.63) is 53.1 Å². The lowest BCUT2D eigenvalue weighted by Gasteiger charge is -2.12. The third-order valence-electron chi connectivity index (χ3n) is 6.94. The minimum Gasteiger partial charge on any atom is -0.345 e. The van der Waals surface area contributed by atoms with Crippen molar-refractivity contribution in [3.63, 3.8) is 0 Å². The number of rotatable bonds is 5. The van der Waals surface area contributed by atoms with E-state index in [0.717, 1.165) is 35.4 Å². The van der Waals surface area contributed by atoms with Crippen molar-refractivity contribution in [1.82, 2.24) is 29.6 Å². The number of imidazole rings is 1. The normalized spacial score (nSPS) is 19.8. The third kappa shape index (κ3) is 3.56. The standard InChI is InChI=1S/C24H26N6O3S/c1-14-22-17(24(31)25-12-21-26-18-5-3-4-6-20(18)29(21)2)11-19(15-7-8-15)27-23(22)30(28-14)16-9-10-34(32,33)13-16/h3-6,11,15-16H,7-10,12-13H2,1-2H3,(H,25,31). The maximum atomic E-state index is 13.4. The molecule has 1 atom stereocenters. The first-order valence-electron chi connectivity index (χ1n) is 11.6. The number of pyridine rings is 1. The molecule has 1 amide bonds. The Kier molecular flexibility index (Phi) is 4.77. The highest BCUT2D eigenvalue weighted by molar-refractivity contribution is 7.91. The molecule has 1 aliphatic heterocycles. The highest BCUT2D eigenvalue weighted by Gasteiger charge is 2.34. The Balaban J connectivity index is 1.37. The maximum Gasteiger partial charge on any atom is 0.252 e. The van der Waals surface area contributed by atoms with Crippen LogP contribution in [0.25, 0.3) is 22.1 Å². The van der Waals surface area contributed by atoms with Crippen molar-refractivity contribution in [1.29, 1.82) is 0 Å². The van der Waals surface area contributed by atoms with E-state index < -0.39 is 9.84 Å². The van der Waals surface area contributed by atoms with Crippen molar-refractivity contribution in [2.24, 2.45) is 7.05 Å². The minimum atomic E-state index is -3.08. The average Bonchev–Trinajstić information content (AvgIpc) is 3.44. The van der Waals surface area contributed by atoms with Crippen LogP contribution in [0.5, 0.6) is 0 Å². The molecule has 9 nitrogen and oxygen atoms in total. The molecule has 2 aliphatic rings. The Morgan fingerprint density at radius 3 is 2.68 bits per heavy atom. The third-order valence-corrected chi connectivity index (χ3v) is 8.69. The second kappa shape index (κ2) is 7.63. The number of nitrogens with one attached hydrogen (secondary N) is 1. The highest BCUT2D eigenvalue weighted by Crippen LogP contribution is 2.41. The van der Waals surface area contributed by atoms with Gasteiger partial charge >= 0.3 is 0 Å². The molecule has 1 unspecified atom stereocenters. The van der Waals surface area contributed by atoms with Crippen LogP contribution in [0.2, 0.25) is 0 Å². The van der Waals surface area contributed by atoms with E-state index in [0.29, 0.717) is 41.2 Å². The molecule has 1 saturated carbocycles. The molecule has 34 heavy (non-hydrogen) atoms. The van der Waals surface area contributed by atoms with Gasteiger partial charge in [-0.15, -0.1) is 0 Å². The first kappa shape index (κ1) is 21.3. The lowest BCUT2D eigenvalue weighted by molar-refractivity contribution is 0.0951. The van der Waals surface area contributed by atoms with Crippen molar-refractivity contribution in [2.75, 3.05) is 11.5 Å². The molecule has 6 rings (SSSR count). The van der Waals surface area contributed by atoms with Gasteiger partial charge in [0.25, 0.3) is 5.91 Å².